The molecular weight excluding hydrogens is 249 g/mol. The highest BCUT2D eigenvalue weighted by molar-refractivity contribution is 5.71. The van der Waals surface area contributed by atoms with Crippen LogP contribution in [0, 0.1) is 17.1 Å². The second-order valence-corrected chi connectivity index (χ2v) is 3.54. The summed E-state index contributed by atoms with van der Waals surface area (Å²) in [6.07, 6.45) is 0.951. The van der Waals surface area contributed by atoms with Crippen molar-refractivity contribution in [1.29, 1.82) is 5.26 Å². The van der Waals surface area contributed by atoms with Crippen molar-refractivity contribution in [2.24, 2.45) is 0 Å². The molecule has 0 fully saturated rings. The Morgan fingerprint density at radius 1 is 1.47 bits per heavy atom. The summed E-state index contributed by atoms with van der Waals surface area (Å²) in [5.41, 5.74) is 6.02. The molecule has 0 spiro atoms. The van der Waals surface area contributed by atoms with E-state index in [1.54, 1.807) is 18.2 Å². The molecule has 0 saturated heterocycles. The number of methoxy groups -OCH3 is 1. The number of hydrogen-bond donors (Lipinski definition) is 2. The number of rotatable bonds is 3. The van der Waals surface area contributed by atoms with Crippen LogP contribution in [0.15, 0.2) is 24.4 Å². The van der Waals surface area contributed by atoms with Gasteiger partial charge >= 0.3 is 0 Å². The highest BCUT2D eigenvalue weighted by Gasteiger charge is 2.13. The Morgan fingerprint density at radius 2 is 2.26 bits per heavy atom. The Kier molecular flexibility index (Phi) is 3.43. The predicted molar refractivity (Wildman–Crippen MR) is 67.4 cm³/mol. The number of nitriles is 1. The van der Waals surface area contributed by atoms with Crippen LogP contribution in [-0.4, -0.2) is 17.1 Å². The third-order valence-corrected chi connectivity index (χ3v) is 2.37. The summed E-state index contributed by atoms with van der Waals surface area (Å²) in [4.78, 5) is 7.26. The van der Waals surface area contributed by atoms with E-state index >= 15 is 0 Å². The number of nitrogens with one attached hydrogen (secondary N) is 1. The molecule has 1 aromatic carbocycles. The molecule has 6 nitrogen and oxygen atoms in total. The van der Waals surface area contributed by atoms with Gasteiger partial charge in [-0.15, -0.1) is 0 Å². The molecular formula is C12H10FN5O. The fourth-order valence-electron chi connectivity index (χ4n) is 1.51. The molecule has 2 rings (SSSR count). The molecule has 0 radical (unpaired) electrons. The molecule has 96 valence electrons. The summed E-state index contributed by atoms with van der Waals surface area (Å²) in [7, 11) is 1.45. The zero-order valence-electron chi connectivity index (χ0n) is 10.0. The quantitative estimate of drug-likeness (QED) is 0.872. The second-order valence-electron chi connectivity index (χ2n) is 3.54. The van der Waals surface area contributed by atoms with E-state index in [9.17, 15) is 4.39 Å². The maximum Gasteiger partial charge on any atom is 0.222 e. The summed E-state index contributed by atoms with van der Waals surface area (Å²) in [6, 6.07) is 6.87. The van der Waals surface area contributed by atoms with Gasteiger partial charge in [-0.3, -0.25) is 0 Å². The molecule has 0 bridgehead atoms. The number of ether oxygens (including phenoxy) is 1. The number of nitrogens with two attached hydrogens (primary N) is 1. The lowest BCUT2D eigenvalue weighted by Gasteiger charge is -2.12. The van der Waals surface area contributed by atoms with Crippen LogP contribution in [0.4, 0.5) is 21.8 Å². The molecule has 1 heterocycles. The summed E-state index contributed by atoms with van der Waals surface area (Å²) in [5, 5.41) is 11.7. The number of nitrogen functional groups attached to an aromatic ring is 1. The van der Waals surface area contributed by atoms with E-state index in [1.165, 1.54) is 7.11 Å². The van der Waals surface area contributed by atoms with Gasteiger partial charge in [0.25, 0.3) is 0 Å². The summed E-state index contributed by atoms with van der Waals surface area (Å²) in [5.74, 6) is -0.467. The van der Waals surface area contributed by atoms with E-state index in [0.717, 1.165) is 6.20 Å². The largest absolute Gasteiger partial charge is 0.495 e. The molecule has 0 atom stereocenters. The minimum Gasteiger partial charge on any atom is -0.495 e. The lowest BCUT2D eigenvalue weighted by Crippen LogP contribution is -2.04. The van der Waals surface area contributed by atoms with E-state index in [1.807, 2.05) is 6.07 Å². The van der Waals surface area contributed by atoms with Gasteiger partial charge in [0.15, 0.2) is 11.6 Å². The minimum absolute atomic E-state index is 0.0719. The van der Waals surface area contributed by atoms with E-state index in [4.69, 9.17) is 15.7 Å². The van der Waals surface area contributed by atoms with Gasteiger partial charge in [0.05, 0.1) is 18.9 Å². The Morgan fingerprint density at radius 3 is 2.95 bits per heavy atom. The van der Waals surface area contributed by atoms with Crippen LogP contribution in [-0.2, 0) is 0 Å². The van der Waals surface area contributed by atoms with Gasteiger partial charge in [-0.05, 0) is 12.1 Å². The van der Waals surface area contributed by atoms with E-state index in [-0.39, 0.29) is 11.8 Å². The topological polar surface area (TPSA) is 96.8 Å². The van der Waals surface area contributed by atoms with Crippen LogP contribution in [0.5, 0.6) is 5.75 Å². The highest BCUT2D eigenvalue weighted by atomic mass is 19.1. The zero-order valence-corrected chi connectivity index (χ0v) is 10.0. The Labute approximate surface area is 108 Å². The number of nitrogens with zero attached hydrogens (tertiary/aromatic N) is 3. The number of para-hydroxylation sites is 1. The van der Waals surface area contributed by atoms with Gasteiger partial charge in [0.1, 0.15) is 17.5 Å². The fraction of sp³-hybridized carbons (Fsp3) is 0.0833. The van der Waals surface area contributed by atoms with Crippen molar-refractivity contribution in [2.45, 2.75) is 0 Å². The molecule has 19 heavy (non-hydrogen) atoms. The number of hydrogen-bond acceptors (Lipinski definition) is 6. The average Bonchev–Trinajstić information content (AvgIpc) is 2.43. The van der Waals surface area contributed by atoms with Crippen molar-refractivity contribution in [1.82, 2.24) is 9.97 Å². The molecule has 0 aliphatic heterocycles. The maximum absolute atomic E-state index is 13.6. The van der Waals surface area contributed by atoms with Gasteiger partial charge in [0.2, 0.25) is 5.95 Å². The molecule has 2 aromatic rings. The third-order valence-electron chi connectivity index (χ3n) is 2.37. The van der Waals surface area contributed by atoms with Gasteiger partial charge in [-0.25, -0.2) is 9.37 Å². The molecule has 0 unspecified atom stereocenters. The Bertz CT molecular complexity index is 653. The molecule has 0 amide bonds. The zero-order chi connectivity index (χ0) is 13.8. The molecule has 7 heteroatoms. The van der Waals surface area contributed by atoms with E-state index in [0.29, 0.717) is 17.0 Å². The highest BCUT2D eigenvalue weighted by Crippen LogP contribution is 2.31. The first kappa shape index (κ1) is 12.6. The SMILES string of the molecule is COc1cccc(C#N)c1Nc1nc(N)ncc1F. The van der Waals surface area contributed by atoms with Crippen molar-refractivity contribution in [3.8, 4) is 11.8 Å². The first-order chi connectivity index (χ1) is 9.15. The summed E-state index contributed by atoms with van der Waals surface area (Å²) < 4.78 is 18.7. The maximum atomic E-state index is 13.6. The van der Waals surface area contributed by atoms with Crippen LogP contribution in [0.3, 0.4) is 0 Å². The van der Waals surface area contributed by atoms with Crippen LogP contribution in [0.2, 0.25) is 0 Å². The van der Waals surface area contributed by atoms with Crippen molar-refractivity contribution in [2.75, 3.05) is 18.2 Å². The monoisotopic (exact) mass is 259 g/mol. The van der Waals surface area contributed by atoms with Crippen LogP contribution in [0.1, 0.15) is 5.56 Å². The molecule has 1 aromatic heterocycles. The Hall–Kier alpha value is -2.88. The minimum atomic E-state index is -0.677. The normalized spacial score (nSPS) is 9.74. The third kappa shape index (κ3) is 2.52. The lowest BCUT2D eigenvalue weighted by molar-refractivity contribution is 0.416. The number of halogens is 1. The molecule has 0 saturated carbocycles. The van der Waals surface area contributed by atoms with Crippen LogP contribution >= 0.6 is 0 Å². The number of aromatic nitrogens is 2. The predicted octanol–water partition coefficient (Wildman–Crippen LogP) is 1.82. The fourth-order valence-corrected chi connectivity index (χ4v) is 1.51. The number of benzene rings is 1. The van der Waals surface area contributed by atoms with Gasteiger partial charge in [-0.1, -0.05) is 6.07 Å². The van der Waals surface area contributed by atoms with E-state index < -0.39 is 5.82 Å². The average molecular weight is 259 g/mol. The van der Waals surface area contributed by atoms with Crippen molar-refractivity contribution in [3.63, 3.8) is 0 Å². The van der Waals surface area contributed by atoms with Gasteiger partial charge < -0.3 is 15.8 Å². The first-order valence-electron chi connectivity index (χ1n) is 5.28. The summed E-state index contributed by atoms with van der Waals surface area (Å²) in [6.45, 7) is 0. The van der Waals surface area contributed by atoms with Crippen molar-refractivity contribution >= 4 is 17.5 Å². The molecule has 0 aliphatic carbocycles. The number of anilines is 3. The molecule has 3 N–H and O–H groups in total. The van der Waals surface area contributed by atoms with Crippen LogP contribution in [0.25, 0.3) is 0 Å². The van der Waals surface area contributed by atoms with Crippen LogP contribution < -0.4 is 15.8 Å². The van der Waals surface area contributed by atoms with E-state index in [2.05, 4.69) is 15.3 Å². The summed E-state index contributed by atoms with van der Waals surface area (Å²) >= 11 is 0. The van der Waals surface area contributed by atoms with Crippen molar-refractivity contribution < 1.29 is 9.13 Å². The smallest absolute Gasteiger partial charge is 0.222 e. The molecule has 0 aliphatic rings. The first-order valence-corrected chi connectivity index (χ1v) is 5.28. The van der Waals surface area contributed by atoms with Gasteiger partial charge in [-0.2, -0.15) is 10.2 Å². The Balaban J connectivity index is 2.48. The second kappa shape index (κ2) is 5.18. The standard InChI is InChI=1S/C12H10FN5O/c1-19-9-4-2-3-7(5-14)10(9)17-11-8(13)6-16-12(15)18-11/h2-4,6H,1H3,(H3,15,16,17,18). The van der Waals surface area contributed by atoms with Crippen molar-refractivity contribution in [3.05, 3.63) is 35.8 Å². The van der Waals surface area contributed by atoms with Gasteiger partial charge in [0, 0.05) is 0 Å². The lowest BCUT2D eigenvalue weighted by atomic mass is 10.2.